The highest BCUT2D eigenvalue weighted by molar-refractivity contribution is 5.97. The molecule has 0 aromatic carbocycles. The Morgan fingerprint density at radius 3 is 3.00 bits per heavy atom. The molecule has 0 saturated carbocycles. The van der Waals surface area contributed by atoms with Crippen molar-refractivity contribution in [2.24, 2.45) is 0 Å². The van der Waals surface area contributed by atoms with E-state index in [1.165, 1.54) is 19.4 Å². The fourth-order valence-electron chi connectivity index (χ4n) is 3.01. The Morgan fingerprint density at radius 2 is 2.26 bits per heavy atom. The number of carbonyl (C=O) groups excluding carboxylic acids is 1. The van der Waals surface area contributed by atoms with E-state index in [0.29, 0.717) is 17.9 Å². The van der Waals surface area contributed by atoms with Gasteiger partial charge in [0.15, 0.2) is 0 Å². The number of likely N-dealkylation sites (tertiary alicyclic amines) is 1. The fraction of sp³-hybridized carbons (Fsp3) is 0.353. The van der Waals surface area contributed by atoms with Crippen LogP contribution in [-0.2, 0) is 0 Å². The molecule has 23 heavy (non-hydrogen) atoms. The molecular weight excluding hydrogens is 294 g/mol. The Morgan fingerprint density at radius 1 is 1.43 bits per heavy atom. The van der Waals surface area contributed by atoms with Gasteiger partial charge >= 0.3 is 0 Å². The van der Waals surface area contributed by atoms with E-state index >= 15 is 0 Å². The Hall–Kier alpha value is -2.63. The lowest BCUT2D eigenvalue weighted by atomic mass is 10.1. The molecule has 2 aromatic rings. The van der Waals surface area contributed by atoms with Crippen molar-refractivity contribution < 1.29 is 9.53 Å². The van der Waals surface area contributed by atoms with Crippen LogP contribution < -0.4 is 10.3 Å². The number of H-pyrrole nitrogens is 1. The first-order valence-corrected chi connectivity index (χ1v) is 7.61. The van der Waals surface area contributed by atoms with Crippen LogP contribution in [0.4, 0.5) is 0 Å². The molecule has 1 aliphatic rings. The van der Waals surface area contributed by atoms with Crippen LogP contribution in [0.1, 0.15) is 40.6 Å². The SMILES string of the molecule is COc1cc(=O)[nH]cc1C(=O)N1CCCC1c1cccc(C)n1. The molecule has 2 aromatic heterocycles. The Labute approximate surface area is 134 Å². The molecule has 1 N–H and O–H groups in total. The maximum atomic E-state index is 12.9. The van der Waals surface area contributed by atoms with Crippen LogP contribution in [-0.4, -0.2) is 34.4 Å². The Bertz CT molecular complexity index is 785. The molecule has 1 aliphatic heterocycles. The van der Waals surface area contributed by atoms with Crippen LogP contribution in [0, 0.1) is 6.92 Å². The zero-order valence-electron chi connectivity index (χ0n) is 13.2. The molecule has 0 aliphatic carbocycles. The van der Waals surface area contributed by atoms with E-state index in [2.05, 4.69) is 9.97 Å². The number of aromatic nitrogens is 2. The lowest BCUT2D eigenvalue weighted by Gasteiger charge is -2.25. The van der Waals surface area contributed by atoms with E-state index < -0.39 is 0 Å². The molecule has 1 amide bonds. The maximum absolute atomic E-state index is 12.9. The normalized spacial score (nSPS) is 17.3. The lowest BCUT2D eigenvalue weighted by Crippen LogP contribution is -2.31. The van der Waals surface area contributed by atoms with Gasteiger partial charge in [-0.15, -0.1) is 0 Å². The molecule has 1 saturated heterocycles. The molecule has 1 unspecified atom stereocenters. The number of amides is 1. The number of aryl methyl sites for hydroxylation is 1. The Kier molecular flexibility index (Phi) is 4.14. The molecule has 120 valence electrons. The van der Waals surface area contributed by atoms with Gasteiger partial charge in [-0.25, -0.2) is 0 Å². The van der Waals surface area contributed by atoms with Crippen molar-refractivity contribution in [1.82, 2.24) is 14.9 Å². The van der Waals surface area contributed by atoms with Crippen LogP contribution in [0.3, 0.4) is 0 Å². The summed E-state index contributed by atoms with van der Waals surface area (Å²) in [6.45, 7) is 2.61. The number of pyridine rings is 2. The second kappa shape index (κ2) is 6.24. The summed E-state index contributed by atoms with van der Waals surface area (Å²) in [4.78, 5) is 33.2. The smallest absolute Gasteiger partial charge is 0.259 e. The third-order valence-electron chi connectivity index (χ3n) is 4.10. The molecule has 3 rings (SSSR count). The molecule has 6 nitrogen and oxygen atoms in total. The van der Waals surface area contributed by atoms with Gasteiger partial charge < -0.3 is 14.6 Å². The summed E-state index contributed by atoms with van der Waals surface area (Å²) in [5.41, 5.74) is 1.91. The van der Waals surface area contributed by atoms with Gasteiger partial charge in [0.25, 0.3) is 11.5 Å². The van der Waals surface area contributed by atoms with Crippen molar-refractivity contribution in [3.63, 3.8) is 0 Å². The van der Waals surface area contributed by atoms with E-state index in [1.807, 2.05) is 25.1 Å². The van der Waals surface area contributed by atoms with Gasteiger partial charge in [0, 0.05) is 24.5 Å². The Balaban J connectivity index is 1.94. The predicted octanol–water partition coefficient (Wildman–Crippen LogP) is 2.06. The predicted molar refractivity (Wildman–Crippen MR) is 85.6 cm³/mol. The molecular formula is C17H19N3O3. The van der Waals surface area contributed by atoms with E-state index in [-0.39, 0.29) is 17.5 Å². The van der Waals surface area contributed by atoms with E-state index in [4.69, 9.17) is 4.74 Å². The van der Waals surface area contributed by atoms with Gasteiger partial charge in [-0.3, -0.25) is 14.6 Å². The maximum Gasteiger partial charge on any atom is 0.259 e. The largest absolute Gasteiger partial charge is 0.496 e. The summed E-state index contributed by atoms with van der Waals surface area (Å²) in [6.07, 6.45) is 3.23. The van der Waals surface area contributed by atoms with Crippen molar-refractivity contribution in [3.05, 3.63) is 57.8 Å². The minimum atomic E-state index is -0.295. The fourth-order valence-corrected chi connectivity index (χ4v) is 3.01. The molecule has 1 fully saturated rings. The third-order valence-corrected chi connectivity index (χ3v) is 4.10. The molecule has 0 radical (unpaired) electrons. The number of methoxy groups -OCH3 is 1. The van der Waals surface area contributed by atoms with Crippen molar-refractivity contribution in [2.45, 2.75) is 25.8 Å². The number of ether oxygens (including phenoxy) is 1. The molecule has 1 atom stereocenters. The zero-order chi connectivity index (χ0) is 16.4. The number of aromatic amines is 1. The number of hydrogen-bond donors (Lipinski definition) is 1. The summed E-state index contributed by atoms with van der Waals surface area (Å²) in [5, 5.41) is 0. The van der Waals surface area contributed by atoms with Crippen molar-refractivity contribution in [2.75, 3.05) is 13.7 Å². The monoisotopic (exact) mass is 313 g/mol. The standard InChI is InChI=1S/C17H19N3O3/c1-11-5-3-6-13(19-11)14-7-4-8-20(14)17(22)12-10-18-16(21)9-15(12)23-2/h3,5-6,9-10,14H,4,7-8H2,1-2H3,(H,18,21). The van der Waals surface area contributed by atoms with E-state index in [0.717, 1.165) is 24.2 Å². The van der Waals surface area contributed by atoms with Gasteiger partial charge in [0.2, 0.25) is 0 Å². The molecule has 3 heterocycles. The topological polar surface area (TPSA) is 75.3 Å². The van der Waals surface area contributed by atoms with Gasteiger partial charge in [0.1, 0.15) is 5.75 Å². The first-order chi connectivity index (χ1) is 11.1. The number of carbonyl (C=O) groups is 1. The van der Waals surface area contributed by atoms with Gasteiger partial charge in [-0.2, -0.15) is 0 Å². The molecule has 6 heteroatoms. The first-order valence-electron chi connectivity index (χ1n) is 7.61. The summed E-state index contributed by atoms with van der Waals surface area (Å²) in [6, 6.07) is 7.10. The summed E-state index contributed by atoms with van der Waals surface area (Å²) < 4.78 is 5.18. The van der Waals surface area contributed by atoms with Gasteiger partial charge in [-0.1, -0.05) is 6.07 Å². The second-order valence-corrected chi connectivity index (χ2v) is 5.64. The van der Waals surface area contributed by atoms with Gasteiger partial charge in [0.05, 0.1) is 24.4 Å². The van der Waals surface area contributed by atoms with E-state index in [9.17, 15) is 9.59 Å². The summed E-state index contributed by atoms with van der Waals surface area (Å²) in [5.74, 6) is 0.144. The van der Waals surface area contributed by atoms with Crippen LogP contribution in [0.15, 0.2) is 35.3 Å². The first kappa shape index (κ1) is 15.3. The van der Waals surface area contributed by atoms with Gasteiger partial charge in [-0.05, 0) is 31.9 Å². The average molecular weight is 313 g/mol. The minimum absolute atomic E-state index is 0.0426. The highest BCUT2D eigenvalue weighted by Crippen LogP contribution is 2.33. The summed E-state index contributed by atoms with van der Waals surface area (Å²) >= 11 is 0. The number of hydrogen-bond acceptors (Lipinski definition) is 4. The number of rotatable bonds is 3. The zero-order valence-corrected chi connectivity index (χ0v) is 13.2. The number of nitrogens with zero attached hydrogens (tertiary/aromatic N) is 2. The summed E-state index contributed by atoms with van der Waals surface area (Å²) in [7, 11) is 1.45. The van der Waals surface area contributed by atoms with Crippen LogP contribution in [0.5, 0.6) is 5.75 Å². The molecule has 0 bridgehead atoms. The van der Waals surface area contributed by atoms with Crippen LogP contribution in [0.2, 0.25) is 0 Å². The highest BCUT2D eigenvalue weighted by atomic mass is 16.5. The third kappa shape index (κ3) is 2.97. The molecule has 0 spiro atoms. The second-order valence-electron chi connectivity index (χ2n) is 5.64. The average Bonchev–Trinajstić information content (AvgIpc) is 3.03. The van der Waals surface area contributed by atoms with Crippen molar-refractivity contribution in [1.29, 1.82) is 0 Å². The van der Waals surface area contributed by atoms with Crippen molar-refractivity contribution >= 4 is 5.91 Å². The lowest BCUT2D eigenvalue weighted by molar-refractivity contribution is 0.0729. The number of nitrogens with one attached hydrogen (secondary N) is 1. The minimum Gasteiger partial charge on any atom is -0.496 e. The van der Waals surface area contributed by atoms with Crippen LogP contribution >= 0.6 is 0 Å². The highest BCUT2D eigenvalue weighted by Gasteiger charge is 2.32. The van der Waals surface area contributed by atoms with Crippen molar-refractivity contribution in [3.8, 4) is 5.75 Å². The quantitative estimate of drug-likeness (QED) is 0.941. The van der Waals surface area contributed by atoms with E-state index in [1.54, 1.807) is 4.90 Å². The van der Waals surface area contributed by atoms with Crippen LogP contribution in [0.25, 0.3) is 0 Å².